The number of carbonyl (C=O) groups excluding carboxylic acids is 1. The molecular formula is C27H31N9O. The number of piperidine rings is 1. The van der Waals surface area contributed by atoms with Crippen LogP contribution in [0.3, 0.4) is 0 Å². The summed E-state index contributed by atoms with van der Waals surface area (Å²) in [7, 11) is 0. The molecule has 1 fully saturated rings. The number of aryl methyl sites for hydroxylation is 3. The van der Waals surface area contributed by atoms with Gasteiger partial charge >= 0.3 is 0 Å². The average molecular weight is 498 g/mol. The Hall–Kier alpha value is -3.92. The first kappa shape index (κ1) is 23.5. The van der Waals surface area contributed by atoms with E-state index in [0.717, 1.165) is 63.2 Å². The maximum atomic E-state index is 13.1. The monoisotopic (exact) mass is 497 g/mol. The highest BCUT2D eigenvalue weighted by molar-refractivity contribution is 5.96. The van der Waals surface area contributed by atoms with Crippen molar-refractivity contribution in [2.75, 3.05) is 25.0 Å². The van der Waals surface area contributed by atoms with E-state index in [2.05, 4.69) is 67.6 Å². The number of amides is 1. The fourth-order valence-corrected chi connectivity index (χ4v) is 5.56. The van der Waals surface area contributed by atoms with E-state index in [9.17, 15) is 4.79 Å². The second-order valence-corrected chi connectivity index (χ2v) is 10.2. The first-order valence-electron chi connectivity index (χ1n) is 12.9. The number of H-pyrrole nitrogens is 1. The number of nitrogens with zero attached hydrogens (tertiary/aromatic N) is 7. The number of hydrogen-bond acceptors (Lipinski definition) is 8. The van der Waals surface area contributed by atoms with Crippen molar-refractivity contribution in [1.82, 2.24) is 40.2 Å². The fraction of sp³-hybridized carbons (Fsp3) is 0.407. The Morgan fingerprint density at radius 1 is 1.03 bits per heavy atom. The van der Waals surface area contributed by atoms with Gasteiger partial charge in [0.25, 0.3) is 5.91 Å². The molecule has 10 heteroatoms. The molecule has 3 aromatic heterocycles. The minimum Gasteiger partial charge on any atom is -0.338 e. The number of nitrogens with one attached hydrogen (secondary N) is 2. The summed E-state index contributed by atoms with van der Waals surface area (Å²) in [5.74, 6) is 0.664. The summed E-state index contributed by atoms with van der Waals surface area (Å²) >= 11 is 0. The van der Waals surface area contributed by atoms with Crippen molar-refractivity contribution in [2.45, 2.75) is 52.1 Å². The highest BCUT2D eigenvalue weighted by Crippen LogP contribution is 2.26. The highest BCUT2D eigenvalue weighted by atomic mass is 16.2. The lowest BCUT2D eigenvalue weighted by Crippen LogP contribution is -2.46. The number of aromatic amines is 1. The van der Waals surface area contributed by atoms with Crippen molar-refractivity contribution in [2.24, 2.45) is 0 Å². The van der Waals surface area contributed by atoms with Gasteiger partial charge in [-0.15, -0.1) is 5.10 Å². The van der Waals surface area contributed by atoms with Gasteiger partial charge in [-0.1, -0.05) is 11.3 Å². The van der Waals surface area contributed by atoms with Crippen molar-refractivity contribution >= 4 is 28.7 Å². The van der Waals surface area contributed by atoms with Crippen LogP contribution in [0.2, 0.25) is 0 Å². The van der Waals surface area contributed by atoms with Crippen LogP contribution in [0.25, 0.3) is 11.2 Å². The number of aromatic nitrogens is 6. The molecule has 1 amide bonds. The Labute approximate surface area is 215 Å². The normalized spacial score (nSPS) is 17.0. The van der Waals surface area contributed by atoms with Crippen LogP contribution in [0, 0.1) is 13.8 Å². The zero-order valence-electron chi connectivity index (χ0n) is 21.2. The molecule has 5 heterocycles. The van der Waals surface area contributed by atoms with Gasteiger partial charge in [0.1, 0.15) is 5.52 Å². The molecule has 0 aliphatic carbocycles. The molecule has 0 spiro atoms. The van der Waals surface area contributed by atoms with Gasteiger partial charge in [0.05, 0.1) is 11.3 Å². The number of fused-ring (bicyclic) bond motifs is 2. The molecule has 10 nitrogen and oxygen atoms in total. The van der Waals surface area contributed by atoms with Crippen molar-refractivity contribution in [3.8, 4) is 0 Å². The van der Waals surface area contributed by atoms with E-state index in [1.807, 2.05) is 11.1 Å². The van der Waals surface area contributed by atoms with E-state index < -0.39 is 0 Å². The predicted octanol–water partition coefficient (Wildman–Crippen LogP) is 3.56. The van der Waals surface area contributed by atoms with Crippen molar-refractivity contribution in [1.29, 1.82) is 0 Å². The summed E-state index contributed by atoms with van der Waals surface area (Å²) in [5.41, 5.74) is 7.55. The number of rotatable bonds is 4. The lowest BCUT2D eigenvalue weighted by atomic mass is 10.0. The summed E-state index contributed by atoms with van der Waals surface area (Å²) < 4.78 is 0. The number of likely N-dealkylation sites (tertiary alicyclic amines) is 1. The first-order chi connectivity index (χ1) is 18.0. The quantitative estimate of drug-likeness (QED) is 0.440. The third kappa shape index (κ3) is 5.01. The standard InChI is InChI=1S/C27H31N9O/c1-17-10-18(2)12-21(11-17)30-27-29-15-20-16-36(7-3-4-23(20)31-27)22-5-8-35(9-6-22)26(37)19-13-24-25(28-14-19)33-34-32-24/h10-15,22H,3-9,16H2,1-2H3,(H,29,30,31)(H,28,32,33,34). The predicted molar refractivity (Wildman–Crippen MR) is 141 cm³/mol. The minimum atomic E-state index is 0.00861. The van der Waals surface area contributed by atoms with Crippen LogP contribution in [0.4, 0.5) is 11.6 Å². The van der Waals surface area contributed by atoms with Gasteiger partial charge in [-0.3, -0.25) is 9.69 Å². The molecule has 2 aliphatic heterocycles. The van der Waals surface area contributed by atoms with Crippen LogP contribution in [-0.4, -0.2) is 71.7 Å². The topological polar surface area (TPSA) is 116 Å². The van der Waals surface area contributed by atoms with Crippen LogP contribution in [-0.2, 0) is 13.0 Å². The Balaban J connectivity index is 1.09. The van der Waals surface area contributed by atoms with E-state index in [4.69, 9.17) is 4.98 Å². The summed E-state index contributed by atoms with van der Waals surface area (Å²) in [5, 5.41) is 13.8. The zero-order chi connectivity index (χ0) is 25.4. The van der Waals surface area contributed by atoms with Gasteiger partial charge in [-0.25, -0.2) is 20.1 Å². The molecule has 37 heavy (non-hydrogen) atoms. The number of benzene rings is 1. The third-order valence-corrected chi connectivity index (χ3v) is 7.36. The summed E-state index contributed by atoms with van der Waals surface area (Å²) in [6, 6.07) is 8.59. The maximum Gasteiger partial charge on any atom is 0.255 e. The number of anilines is 2. The second kappa shape index (κ2) is 9.85. The molecule has 0 radical (unpaired) electrons. The zero-order valence-corrected chi connectivity index (χ0v) is 21.2. The fourth-order valence-electron chi connectivity index (χ4n) is 5.56. The van der Waals surface area contributed by atoms with Gasteiger partial charge in [0.15, 0.2) is 5.65 Å². The molecule has 0 saturated carbocycles. The SMILES string of the molecule is Cc1cc(C)cc(Nc2ncc3c(n2)CCCN(C2CCN(C(=O)c4cnc5[nH]nnc5c4)CC2)C3)c1. The van der Waals surface area contributed by atoms with Gasteiger partial charge in [0, 0.05) is 49.3 Å². The summed E-state index contributed by atoms with van der Waals surface area (Å²) in [6.45, 7) is 7.55. The molecule has 1 saturated heterocycles. The Kier molecular flexibility index (Phi) is 6.25. The van der Waals surface area contributed by atoms with E-state index in [0.29, 0.717) is 28.7 Å². The molecule has 0 bridgehead atoms. The summed E-state index contributed by atoms with van der Waals surface area (Å²) in [6.07, 6.45) is 7.50. The van der Waals surface area contributed by atoms with Crippen LogP contribution in [0.5, 0.6) is 0 Å². The van der Waals surface area contributed by atoms with E-state index >= 15 is 0 Å². The molecule has 0 atom stereocenters. The second-order valence-electron chi connectivity index (χ2n) is 10.2. The minimum absolute atomic E-state index is 0.00861. The van der Waals surface area contributed by atoms with Crippen LogP contribution >= 0.6 is 0 Å². The average Bonchev–Trinajstić information content (AvgIpc) is 3.26. The smallest absolute Gasteiger partial charge is 0.255 e. The molecule has 6 rings (SSSR count). The van der Waals surface area contributed by atoms with Crippen molar-refractivity contribution in [3.05, 3.63) is 64.6 Å². The molecule has 0 unspecified atom stereocenters. The Morgan fingerprint density at radius 3 is 2.65 bits per heavy atom. The van der Waals surface area contributed by atoms with E-state index in [1.165, 1.54) is 16.7 Å². The first-order valence-corrected chi connectivity index (χ1v) is 12.9. The molecular weight excluding hydrogens is 466 g/mol. The van der Waals surface area contributed by atoms with Crippen LogP contribution in [0.1, 0.15) is 52.0 Å². The number of hydrogen-bond donors (Lipinski definition) is 2. The Bertz CT molecular complexity index is 1420. The third-order valence-electron chi connectivity index (χ3n) is 7.36. The lowest BCUT2D eigenvalue weighted by Gasteiger charge is -2.38. The van der Waals surface area contributed by atoms with Gasteiger partial charge in [0.2, 0.25) is 5.95 Å². The van der Waals surface area contributed by atoms with Crippen molar-refractivity contribution < 1.29 is 4.79 Å². The number of carbonyl (C=O) groups is 1. The maximum absolute atomic E-state index is 13.1. The van der Waals surface area contributed by atoms with Crippen LogP contribution < -0.4 is 5.32 Å². The van der Waals surface area contributed by atoms with Gasteiger partial charge in [-0.05, 0) is 75.4 Å². The molecule has 190 valence electrons. The largest absolute Gasteiger partial charge is 0.338 e. The highest BCUT2D eigenvalue weighted by Gasteiger charge is 2.29. The molecule has 2 aliphatic rings. The lowest BCUT2D eigenvalue weighted by molar-refractivity contribution is 0.0609. The van der Waals surface area contributed by atoms with Gasteiger partial charge in [-0.2, -0.15) is 0 Å². The van der Waals surface area contributed by atoms with Crippen LogP contribution in [0.15, 0.2) is 36.7 Å². The molecule has 1 aromatic carbocycles. The van der Waals surface area contributed by atoms with Gasteiger partial charge < -0.3 is 10.2 Å². The number of pyridine rings is 1. The molecule has 4 aromatic rings. The Morgan fingerprint density at radius 2 is 1.84 bits per heavy atom. The summed E-state index contributed by atoms with van der Waals surface area (Å²) in [4.78, 5) is 31.3. The van der Waals surface area contributed by atoms with E-state index in [1.54, 1.807) is 12.3 Å². The van der Waals surface area contributed by atoms with E-state index in [-0.39, 0.29) is 5.91 Å². The van der Waals surface area contributed by atoms with Crippen molar-refractivity contribution in [3.63, 3.8) is 0 Å². The molecule has 2 N–H and O–H groups in total.